The minimum absolute atomic E-state index is 0.0545. The number of carboxylic acids is 1. The monoisotopic (exact) mass is 667 g/mol. The fourth-order valence-corrected chi connectivity index (χ4v) is 5.35. The average molecular weight is 667 g/mol. The highest BCUT2D eigenvalue weighted by Crippen LogP contribution is 2.13. The second kappa shape index (κ2) is 31.1. The molecule has 0 aliphatic heterocycles. The first-order valence-corrected chi connectivity index (χ1v) is 18.9. The third kappa shape index (κ3) is 29.7. The van der Waals surface area contributed by atoms with Crippen LogP contribution in [0.25, 0.3) is 0 Å². The molecule has 0 spiro atoms. The third-order valence-corrected chi connectivity index (χ3v) is 8.35. The van der Waals surface area contributed by atoms with Crippen molar-refractivity contribution in [3.63, 3.8) is 0 Å². The summed E-state index contributed by atoms with van der Waals surface area (Å²) in [5.74, 6) is -1.49. The van der Waals surface area contributed by atoms with Crippen LogP contribution in [-0.4, -0.2) is 80.6 Å². The molecule has 0 radical (unpaired) electrons. The van der Waals surface area contributed by atoms with Gasteiger partial charge in [-0.15, -0.1) is 0 Å². The highest BCUT2D eigenvalue weighted by Gasteiger charge is 2.31. The Morgan fingerprint density at radius 1 is 0.638 bits per heavy atom. The second-order valence-corrected chi connectivity index (χ2v) is 13.8. The minimum Gasteiger partial charge on any atom is -0.477 e. The summed E-state index contributed by atoms with van der Waals surface area (Å²) in [5, 5.41) is 9.56. The number of hydrogen-bond donors (Lipinski definition) is 1. The van der Waals surface area contributed by atoms with Gasteiger partial charge in [-0.25, -0.2) is 4.79 Å². The summed E-state index contributed by atoms with van der Waals surface area (Å²) in [7, 11) is 5.50. The maximum absolute atomic E-state index is 12.6. The molecule has 274 valence electrons. The van der Waals surface area contributed by atoms with Gasteiger partial charge in [0, 0.05) is 19.3 Å². The number of allylic oxidation sites excluding steroid dienone is 4. The molecule has 0 saturated carbocycles. The van der Waals surface area contributed by atoms with Crippen molar-refractivity contribution in [2.45, 2.75) is 167 Å². The Morgan fingerprint density at radius 3 is 1.66 bits per heavy atom. The Bertz CT molecular complexity index is 834. The number of aliphatic carboxylic acids is 1. The number of ether oxygens (including phenoxy) is 3. The van der Waals surface area contributed by atoms with Crippen LogP contribution >= 0.6 is 0 Å². The molecule has 0 aromatic carbocycles. The highest BCUT2D eigenvalue weighted by atomic mass is 16.6. The van der Waals surface area contributed by atoms with Crippen LogP contribution in [0.5, 0.6) is 0 Å². The summed E-state index contributed by atoms with van der Waals surface area (Å²) in [6.07, 6.45) is 30.8. The predicted molar refractivity (Wildman–Crippen MR) is 192 cm³/mol. The van der Waals surface area contributed by atoms with Gasteiger partial charge in [-0.2, -0.15) is 0 Å². The smallest absolute Gasteiger partial charge is 0.362 e. The van der Waals surface area contributed by atoms with E-state index < -0.39 is 18.1 Å². The molecule has 47 heavy (non-hydrogen) atoms. The number of carboxylic acid groups (broad SMARTS) is 1. The Balaban J connectivity index is 4.39. The van der Waals surface area contributed by atoms with Gasteiger partial charge in [-0.1, -0.05) is 115 Å². The first-order valence-electron chi connectivity index (χ1n) is 18.9. The molecule has 0 fully saturated rings. The van der Waals surface area contributed by atoms with Crippen LogP contribution in [0.2, 0.25) is 0 Å². The SMILES string of the molecule is CCCCCC/C=C\C/C=C\CCCCCCCC(=O)OC(COCCC(C(=O)O)[N+](C)(C)C)COC(=O)CCCCCCCCC. The number of rotatable bonds is 33. The number of unbranched alkanes of at least 4 members (excludes halogenated alkanes) is 15. The van der Waals surface area contributed by atoms with Gasteiger partial charge in [0.05, 0.1) is 34.4 Å². The van der Waals surface area contributed by atoms with Crippen molar-refractivity contribution in [2.24, 2.45) is 0 Å². The molecule has 0 aliphatic carbocycles. The van der Waals surface area contributed by atoms with Crippen molar-refractivity contribution in [1.82, 2.24) is 0 Å². The molecular weight excluding hydrogens is 594 g/mol. The summed E-state index contributed by atoms with van der Waals surface area (Å²) in [4.78, 5) is 36.6. The topological polar surface area (TPSA) is 99.1 Å². The second-order valence-electron chi connectivity index (χ2n) is 13.8. The summed E-state index contributed by atoms with van der Waals surface area (Å²) in [5.41, 5.74) is 0. The maximum Gasteiger partial charge on any atom is 0.362 e. The van der Waals surface area contributed by atoms with E-state index in [1.54, 1.807) is 0 Å². The standard InChI is InChI=1S/C39H71NO7/c1-6-8-10-12-14-15-16-17-18-19-20-21-22-24-26-28-30-38(42)47-35(33-45-32-31-36(39(43)44)40(3,4)5)34-46-37(41)29-27-25-23-13-11-9-7-2/h15-16,18-19,35-36H,6-14,17,20-34H2,1-5H3/p+1/b16-15-,19-18-. The lowest BCUT2D eigenvalue weighted by molar-refractivity contribution is -0.887. The van der Waals surface area contributed by atoms with Crippen LogP contribution in [0, 0.1) is 0 Å². The van der Waals surface area contributed by atoms with Gasteiger partial charge in [-0.3, -0.25) is 9.59 Å². The number of carbonyl (C=O) groups excluding carboxylic acids is 2. The lowest BCUT2D eigenvalue weighted by atomic mass is 10.1. The van der Waals surface area contributed by atoms with Crippen molar-refractivity contribution in [3.8, 4) is 0 Å². The molecule has 8 nitrogen and oxygen atoms in total. The van der Waals surface area contributed by atoms with Crippen LogP contribution in [0.3, 0.4) is 0 Å². The number of carbonyl (C=O) groups is 3. The normalized spacial score (nSPS) is 13.3. The number of hydrogen-bond acceptors (Lipinski definition) is 6. The summed E-state index contributed by atoms with van der Waals surface area (Å²) < 4.78 is 17.1. The van der Waals surface area contributed by atoms with Gasteiger partial charge in [0.25, 0.3) is 0 Å². The molecule has 8 heteroatoms. The van der Waals surface area contributed by atoms with Crippen LogP contribution < -0.4 is 0 Å². The number of esters is 2. The molecule has 0 amide bonds. The molecule has 0 aromatic heterocycles. The predicted octanol–water partition coefficient (Wildman–Crippen LogP) is 9.35. The Hall–Kier alpha value is -2.19. The quantitative estimate of drug-likeness (QED) is 0.0322. The largest absolute Gasteiger partial charge is 0.477 e. The van der Waals surface area contributed by atoms with Gasteiger partial charge in [-0.05, 0) is 44.9 Å². The van der Waals surface area contributed by atoms with Crippen molar-refractivity contribution >= 4 is 17.9 Å². The van der Waals surface area contributed by atoms with Crippen molar-refractivity contribution in [2.75, 3.05) is 41.0 Å². The Morgan fingerprint density at radius 2 is 1.13 bits per heavy atom. The lowest BCUT2D eigenvalue weighted by Gasteiger charge is -2.31. The van der Waals surface area contributed by atoms with Crippen LogP contribution in [0.1, 0.15) is 155 Å². The molecule has 2 atom stereocenters. The zero-order chi connectivity index (χ0) is 35.0. The molecule has 0 bridgehead atoms. The summed E-state index contributed by atoms with van der Waals surface area (Å²) in [6.45, 7) is 4.65. The molecule has 1 N–H and O–H groups in total. The van der Waals surface area contributed by atoms with E-state index in [4.69, 9.17) is 14.2 Å². The zero-order valence-corrected chi connectivity index (χ0v) is 31.0. The van der Waals surface area contributed by atoms with E-state index in [1.165, 1.54) is 57.8 Å². The number of quaternary nitrogens is 1. The van der Waals surface area contributed by atoms with Crippen LogP contribution in [0.15, 0.2) is 24.3 Å². The van der Waals surface area contributed by atoms with E-state index in [0.29, 0.717) is 19.3 Å². The molecule has 0 aliphatic rings. The summed E-state index contributed by atoms with van der Waals surface area (Å²) >= 11 is 0. The van der Waals surface area contributed by atoms with Crippen molar-refractivity contribution in [3.05, 3.63) is 24.3 Å². The Labute approximate surface area is 288 Å². The molecular formula is C39H72NO7+. The van der Waals surface area contributed by atoms with E-state index >= 15 is 0 Å². The van der Waals surface area contributed by atoms with Crippen molar-refractivity contribution < 1.29 is 38.2 Å². The lowest BCUT2D eigenvalue weighted by Crippen LogP contribution is -2.50. The molecule has 2 unspecified atom stereocenters. The van der Waals surface area contributed by atoms with Gasteiger partial charge in [0.15, 0.2) is 12.1 Å². The van der Waals surface area contributed by atoms with E-state index in [-0.39, 0.29) is 36.2 Å². The first kappa shape index (κ1) is 44.8. The van der Waals surface area contributed by atoms with Gasteiger partial charge in [0.2, 0.25) is 0 Å². The van der Waals surface area contributed by atoms with E-state index in [0.717, 1.165) is 64.2 Å². The van der Waals surface area contributed by atoms with E-state index in [9.17, 15) is 19.5 Å². The molecule has 0 aromatic rings. The number of likely N-dealkylation sites (N-methyl/N-ethyl adjacent to an activating group) is 1. The van der Waals surface area contributed by atoms with Crippen LogP contribution in [-0.2, 0) is 28.6 Å². The third-order valence-electron chi connectivity index (χ3n) is 8.35. The fraction of sp³-hybridized carbons (Fsp3) is 0.821. The fourth-order valence-electron chi connectivity index (χ4n) is 5.35. The minimum atomic E-state index is -0.879. The Kier molecular flexibility index (Phi) is 29.7. The molecule has 0 heterocycles. The summed E-state index contributed by atoms with van der Waals surface area (Å²) in [6, 6.07) is -0.612. The van der Waals surface area contributed by atoms with Crippen LogP contribution in [0.4, 0.5) is 0 Å². The van der Waals surface area contributed by atoms with Gasteiger partial charge in [0.1, 0.15) is 6.61 Å². The van der Waals surface area contributed by atoms with Gasteiger partial charge < -0.3 is 23.8 Å². The first-order chi connectivity index (χ1) is 22.6. The van der Waals surface area contributed by atoms with Crippen molar-refractivity contribution in [1.29, 1.82) is 0 Å². The highest BCUT2D eigenvalue weighted by molar-refractivity contribution is 5.72. The average Bonchev–Trinajstić information content (AvgIpc) is 3.01. The molecule has 0 rings (SSSR count). The zero-order valence-electron chi connectivity index (χ0n) is 31.0. The maximum atomic E-state index is 12.6. The molecule has 0 saturated heterocycles. The van der Waals surface area contributed by atoms with E-state index in [2.05, 4.69) is 38.2 Å². The van der Waals surface area contributed by atoms with E-state index in [1.807, 2.05) is 21.1 Å². The van der Waals surface area contributed by atoms with Gasteiger partial charge >= 0.3 is 17.9 Å². The number of nitrogens with zero attached hydrogens (tertiary/aromatic N) is 1.